The number of aromatic nitrogens is 1. The molecule has 1 aromatic carbocycles. The number of hydrogen-bond acceptors (Lipinski definition) is 4. The second kappa shape index (κ2) is 7.51. The predicted octanol–water partition coefficient (Wildman–Crippen LogP) is 2.84. The lowest BCUT2D eigenvalue weighted by Gasteiger charge is -2.35. The molecule has 2 heterocycles. The second-order valence-electron chi connectivity index (χ2n) is 6.53. The molecule has 1 fully saturated rings. The number of aryl methyl sites for hydroxylation is 1. The maximum atomic E-state index is 12.4. The molecule has 0 saturated carbocycles. The number of carboxylic acids is 1. The quantitative estimate of drug-likeness (QED) is 0.903. The van der Waals surface area contributed by atoms with Crippen LogP contribution in [0.2, 0.25) is 0 Å². The molecular weight excluding hydrogens is 320 g/mol. The van der Waals surface area contributed by atoms with E-state index in [0.29, 0.717) is 44.0 Å². The largest absolute Gasteiger partial charge is 0.481 e. The third-order valence-corrected chi connectivity index (χ3v) is 4.74. The second-order valence-corrected chi connectivity index (χ2v) is 6.53. The van der Waals surface area contributed by atoms with Crippen molar-refractivity contribution in [1.82, 2.24) is 9.88 Å². The molecule has 2 aromatic rings. The van der Waals surface area contributed by atoms with E-state index in [4.69, 9.17) is 9.52 Å². The number of nitrogens with zero attached hydrogens (tertiary/aromatic N) is 2. The van der Waals surface area contributed by atoms with Gasteiger partial charge in [0, 0.05) is 31.5 Å². The fourth-order valence-electron chi connectivity index (χ4n) is 3.27. The molecule has 132 valence electrons. The van der Waals surface area contributed by atoms with Crippen LogP contribution >= 0.6 is 0 Å². The summed E-state index contributed by atoms with van der Waals surface area (Å²) >= 11 is 0. The maximum absolute atomic E-state index is 12.4. The van der Waals surface area contributed by atoms with Gasteiger partial charge in [0.15, 0.2) is 11.7 Å². The van der Waals surface area contributed by atoms with Gasteiger partial charge in [-0.25, -0.2) is 4.98 Å². The Morgan fingerprint density at radius 3 is 2.76 bits per heavy atom. The summed E-state index contributed by atoms with van der Waals surface area (Å²) in [6.45, 7) is 2.89. The zero-order valence-corrected chi connectivity index (χ0v) is 14.2. The summed E-state index contributed by atoms with van der Waals surface area (Å²) < 4.78 is 5.72. The molecule has 2 atom stereocenters. The molecule has 2 unspecified atom stereocenters. The van der Waals surface area contributed by atoms with Crippen molar-refractivity contribution in [3.05, 3.63) is 42.4 Å². The minimum Gasteiger partial charge on any atom is -0.481 e. The lowest BCUT2D eigenvalue weighted by atomic mass is 9.87. The molecule has 1 aromatic heterocycles. The molecule has 1 amide bonds. The SMILES string of the molecule is CC1CN(C(=O)CCc2ncc(-c3ccccc3)o2)CCC1C(=O)O. The standard InChI is InChI=1S/C19H22N2O4/c1-13-12-21(10-9-15(13)19(23)24)18(22)8-7-17-20-11-16(25-17)14-5-3-2-4-6-14/h2-6,11,13,15H,7-10,12H2,1H3,(H,23,24). The van der Waals surface area contributed by atoms with Crippen LogP contribution in [0, 0.1) is 11.8 Å². The van der Waals surface area contributed by atoms with Gasteiger partial charge in [0.2, 0.25) is 5.91 Å². The number of piperidine rings is 1. The van der Waals surface area contributed by atoms with Crippen molar-refractivity contribution in [2.24, 2.45) is 11.8 Å². The molecule has 6 nitrogen and oxygen atoms in total. The van der Waals surface area contributed by atoms with Crippen LogP contribution in [-0.4, -0.2) is 40.0 Å². The van der Waals surface area contributed by atoms with Gasteiger partial charge in [0.25, 0.3) is 0 Å². The van der Waals surface area contributed by atoms with Crippen molar-refractivity contribution in [3.8, 4) is 11.3 Å². The van der Waals surface area contributed by atoms with E-state index in [1.54, 1.807) is 11.1 Å². The van der Waals surface area contributed by atoms with Crippen molar-refractivity contribution in [3.63, 3.8) is 0 Å². The number of amides is 1. The maximum Gasteiger partial charge on any atom is 0.306 e. The van der Waals surface area contributed by atoms with Gasteiger partial charge in [-0.2, -0.15) is 0 Å². The fraction of sp³-hybridized carbons (Fsp3) is 0.421. The molecule has 1 N–H and O–H groups in total. The van der Waals surface area contributed by atoms with E-state index < -0.39 is 5.97 Å². The number of hydrogen-bond donors (Lipinski definition) is 1. The van der Waals surface area contributed by atoms with Gasteiger partial charge in [-0.05, 0) is 12.3 Å². The average molecular weight is 342 g/mol. The van der Waals surface area contributed by atoms with Gasteiger partial charge in [0.1, 0.15) is 0 Å². The molecule has 0 bridgehead atoms. The minimum atomic E-state index is -0.771. The number of carbonyl (C=O) groups is 2. The van der Waals surface area contributed by atoms with Gasteiger partial charge in [-0.1, -0.05) is 37.3 Å². The Morgan fingerprint density at radius 1 is 1.32 bits per heavy atom. The third-order valence-electron chi connectivity index (χ3n) is 4.74. The highest BCUT2D eigenvalue weighted by atomic mass is 16.4. The van der Waals surface area contributed by atoms with Crippen LogP contribution in [0.3, 0.4) is 0 Å². The zero-order chi connectivity index (χ0) is 17.8. The highest BCUT2D eigenvalue weighted by Gasteiger charge is 2.32. The molecule has 6 heteroatoms. The van der Waals surface area contributed by atoms with E-state index in [1.165, 1.54) is 0 Å². The number of carbonyl (C=O) groups excluding carboxylic acids is 1. The monoisotopic (exact) mass is 342 g/mol. The van der Waals surface area contributed by atoms with E-state index in [1.807, 2.05) is 37.3 Å². The lowest BCUT2D eigenvalue weighted by molar-refractivity contribution is -0.148. The average Bonchev–Trinajstić information content (AvgIpc) is 3.09. The molecule has 1 saturated heterocycles. The molecule has 1 aliphatic heterocycles. The molecular formula is C19H22N2O4. The van der Waals surface area contributed by atoms with Crippen molar-refractivity contribution in [2.75, 3.05) is 13.1 Å². The topological polar surface area (TPSA) is 83.6 Å². The molecule has 0 radical (unpaired) electrons. The van der Waals surface area contributed by atoms with Crippen molar-refractivity contribution < 1.29 is 19.1 Å². The Morgan fingerprint density at radius 2 is 2.08 bits per heavy atom. The van der Waals surface area contributed by atoms with E-state index in [-0.39, 0.29) is 17.7 Å². The van der Waals surface area contributed by atoms with Crippen molar-refractivity contribution in [1.29, 1.82) is 0 Å². The number of aliphatic carboxylic acids is 1. The minimum absolute atomic E-state index is 0.0233. The Kier molecular flexibility index (Phi) is 5.16. The molecule has 0 aliphatic carbocycles. The van der Waals surface area contributed by atoms with Gasteiger partial charge in [-0.15, -0.1) is 0 Å². The third kappa shape index (κ3) is 4.07. The van der Waals surface area contributed by atoms with E-state index in [9.17, 15) is 9.59 Å². The zero-order valence-electron chi connectivity index (χ0n) is 14.2. The van der Waals surface area contributed by atoms with Gasteiger partial charge in [0.05, 0.1) is 12.1 Å². The van der Waals surface area contributed by atoms with Crippen molar-refractivity contribution >= 4 is 11.9 Å². The van der Waals surface area contributed by atoms with E-state index >= 15 is 0 Å². The Hall–Kier alpha value is -2.63. The summed E-state index contributed by atoms with van der Waals surface area (Å²) in [5, 5.41) is 9.16. The van der Waals surface area contributed by atoms with Crippen LogP contribution in [0.5, 0.6) is 0 Å². The summed E-state index contributed by atoms with van der Waals surface area (Å²) in [7, 11) is 0. The first-order valence-electron chi connectivity index (χ1n) is 8.55. The van der Waals surface area contributed by atoms with Crippen LogP contribution < -0.4 is 0 Å². The Bertz CT molecular complexity index is 741. The molecule has 25 heavy (non-hydrogen) atoms. The van der Waals surface area contributed by atoms with Crippen LogP contribution in [0.25, 0.3) is 11.3 Å². The van der Waals surface area contributed by atoms with E-state index in [0.717, 1.165) is 5.56 Å². The Labute approximate surface area is 146 Å². The predicted molar refractivity (Wildman–Crippen MR) is 91.7 cm³/mol. The van der Waals surface area contributed by atoms with Crippen LogP contribution in [0.15, 0.2) is 40.9 Å². The molecule has 0 spiro atoms. The van der Waals surface area contributed by atoms with Gasteiger partial charge < -0.3 is 14.4 Å². The highest BCUT2D eigenvalue weighted by molar-refractivity contribution is 5.77. The number of oxazole rings is 1. The van der Waals surface area contributed by atoms with Crippen LogP contribution in [0.4, 0.5) is 0 Å². The summed E-state index contributed by atoms with van der Waals surface area (Å²) in [6, 6.07) is 9.70. The first kappa shape index (κ1) is 17.2. The smallest absolute Gasteiger partial charge is 0.306 e. The van der Waals surface area contributed by atoms with Crippen LogP contribution in [0.1, 0.15) is 25.7 Å². The van der Waals surface area contributed by atoms with E-state index in [2.05, 4.69) is 4.98 Å². The number of carboxylic acid groups (broad SMARTS) is 1. The first-order valence-corrected chi connectivity index (χ1v) is 8.55. The fourth-order valence-corrected chi connectivity index (χ4v) is 3.27. The van der Waals surface area contributed by atoms with Gasteiger partial charge in [-0.3, -0.25) is 9.59 Å². The summed E-state index contributed by atoms with van der Waals surface area (Å²) in [5.74, 6) is 0.105. The van der Waals surface area contributed by atoms with Crippen LogP contribution in [-0.2, 0) is 16.0 Å². The highest BCUT2D eigenvalue weighted by Crippen LogP contribution is 2.24. The number of likely N-dealkylation sites (tertiary alicyclic amines) is 1. The molecule has 3 rings (SSSR count). The summed E-state index contributed by atoms with van der Waals surface area (Å²) in [4.78, 5) is 29.5. The Balaban J connectivity index is 1.53. The normalized spacial score (nSPS) is 20.4. The van der Waals surface area contributed by atoms with Crippen molar-refractivity contribution in [2.45, 2.75) is 26.2 Å². The molecule has 1 aliphatic rings. The number of benzene rings is 1. The first-order chi connectivity index (χ1) is 12.0. The summed E-state index contributed by atoms with van der Waals surface area (Å²) in [6.07, 6.45) is 2.95. The number of rotatable bonds is 5. The summed E-state index contributed by atoms with van der Waals surface area (Å²) in [5.41, 5.74) is 0.956. The lowest BCUT2D eigenvalue weighted by Crippen LogP contribution is -2.45. The van der Waals surface area contributed by atoms with Gasteiger partial charge >= 0.3 is 5.97 Å².